The van der Waals surface area contributed by atoms with Gasteiger partial charge in [-0.15, -0.1) is 0 Å². The fraction of sp³-hybridized carbons (Fsp3) is 0.278. The van der Waals surface area contributed by atoms with Gasteiger partial charge in [0.05, 0.1) is 5.71 Å². The third-order valence-electron chi connectivity index (χ3n) is 3.80. The molecule has 1 N–H and O–H groups in total. The third kappa shape index (κ3) is 3.71. The maximum Gasteiger partial charge on any atom is 0.264 e. The van der Waals surface area contributed by atoms with E-state index in [4.69, 9.17) is 4.84 Å². The Labute approximate surface area is 141 Å². The topological polar surface area (TPSA) is 66.8 Å². The minimum absolute atomic E-state index is 0.165. The van der Waals surface area contributed by atoms with Crippen LogP contribution >= 0.6 is 0 Å². The van der Waals surface area contributed by atoms with Crippen LogP contribution in [0.25, 0.3) is 0 Å². The molecule has 124 valence electrons. The lowest BCUT2D eigenvalue weighted by atomic mass is 10.0. The highest BCUT2D eigenvalue weighted by Crippen LogP contribution is 2.17. The Morgan fingerprint density at radius 3 is 2.71 bits per heavy atom. The van der Waals surface area contributed by atoms with Crippen LogP contribution in [0.5, 0.6) is 0 Å². The van der Waals surface area contributed by atoms with Gasteiger partial charge in [-0.1, -0.05) is 41.6 Å². The standard InChI is InChI=1S/C18H20N4O2/c1-22(2)17-9-8-13(11-19-17)12-20-18(23)16-10-15(21-24-16)14-6-4-3-5-7-14/h3-9,11,16H,10,12H2,1-2H3,(H,20,23). The normalized spacial score (nSPS) is 16.2. The number of aromatic nitrogens is 1. The lowest BCUT2D eigenvalue weighted by Crippen LogP contribution is -2.34. The number of hydrogen-bond donors (Lipinski definition) is 1. The minimum Gasteiger partial charge on any atom is -0.382 e. The Kier molecular flexibility index (Phi) is 4.74. The highest BCUT2D eigenvalue weighted by molar-refractivity contribution is 6.04. The molecule has 3 rings (SSSR count). The molecule has 2 aromatic rings. The van der Waals surface area contributed by atoms with Crippen molar-refractivity contribution in [3.63, 3.8) is 0 Å². The van der Waals surface area contributed by atoms with Gasteiger partial charge < -0.3 is 15.1 Å². The molecule has 2 heterocycles. The van der Waals surface area contributed by atoms with Crippen LogP contribution in [0, 0.1) is 0 Å². The van der Waals surface area contributed by atoms with Gasteiger partial charge in [0.25, 0.3) is 5.91 Å². The Balaban J connectivity index is 1.51. The van der Waals surface area contributed by atoms with E-state index in [2.05, 4.69) is 15.5 Å². The Bertz CT molecular complexity index is 726. The number of rotatable bonds is 5. The molecule has 1 atom stereocenters. The van der Waals surface area contributed by atoms with Gasteiger partial charge in [0.1, 0.15) is 5.82 Å². The van der Waals surface area contributed by atoms with Gasteiger partial charge in [0, 0.05) is 33.3 Å². The van der Waals surface area contributed by atoms with Gasteiger partial charge in [-0.3, -0.25) is 4.79 Å². The summed E-state index contributed by atoms with van der Waals surface area (Å²) in [7, 11) is 3.87. The zero-order valence-electron chi connectivity index (χ0n) is 13.8. The summed E-state index contributed by atoms with van der Waals surface area (Å²) in [6.45, 7) is 0.417. The second kappa shape index (κ2) is 7.12. The molecule has 6 nitrogen and oxygen atoms in total. The van der Waals surface area contributed by atoms with Crippen molar-refractivity contribution in [1.82, 2.24) is 10.3 Å². The van der Waals surface area contributed by atoms with Crippen LogP contribution in [0.1, 0.15) is 17.5 Å². The van der Waals surface area contributed by atoms with Gasteiger partial charge in [-0.25, -0.2) is 4.98 Å². The van der Waals surface area contributed by atoms with Crippen LogP contribution in [-0.4, -0.2) is 36.8 Å². The number of anilines is 1. The number of pyridine rings is 1. The average Bonchev–Trinajstić information content (AvgIpc) is 3.11. The first-order valence-corrected chi connectivity index (χ1v) is 7.81. The second-order valence-corrected chi connectivity index (χ2v) is 5.84. The first kappa shape index (κ1) is 16.0. The van der Waals surface area contributed by atoms with Gasteiger partial charge in [-0.05, 0) is 17.2 Å². The first-order valence-electron chi connectivity index (χ1n) is 7.81. The van der Waals surface area contributed by atoms with Crippen LogP contribution < -0.4 is 10.2 Å². The lowest BCUT2D eigenvalue weighted by molar-refractivity contribution is -0.131. The SMILES string of the molecule is CN(C)c1ccc(CNC(=O)C2CC(c3ccccc3)=NO2)cn1. The zero-order valence-corrected chi connectivity index (χ0v) is 13.8. The molecule has 6 heteroatoms. The Morgan fingerprint density at radius 1 is 1.25 bits per heavy atom. The Morgan fingerprint density at radius 2 is 2.04 bits per heavy atom. The van der Waals surface area contributed by atoms with Crippen molar-refractivity contribution in [2.75, 3.05) is 19.0 Å². The minimum atomic E-state index is -0.575. The summed E-state index contributed by atoms with van der Waals surface area (Å²) in [5.74, 6) is 0.714. The molecule has 24 heavy (non-hydrogen) atoms. The molecule has 1 unspecified atom stereocenters. The van der Waals surface area contributed by atoms with Crippen molar-refractivity contribution in [2.45, 2.75) is 19.1 Å². The highest BCUT2D eigenvalue weighted by Gasteiger charge is 2.28. The molecule has 1 amide bonds. The summed E-state index contributed by atoms with van der Waals surface area (Å²) < 4.78 is 0. The molecule has 0 bridgehead atoms. The number of benzene rings is 1. The van der Waals surface area contributed by atoms with Crippen LogP contribution in [0.15, 0.2) is 53.8 Å². The largest absolute Gasteiger partial charge is 0.382 e. The summed E-state index contributed by atoms with van der Waals surface area (Å²) >= 11 is 0. The van der Waals surface area contributed by atoms with E-state index in [0.29, 0.717) is 13.0 Å². The van der Waals surface area contributed by atoms with Crippen LogP contribution in [0.4, 0.5) is 5.82 Å². The van der Waals surface area contributed by atoms with Gasteiger partial charge >= 0.3 is 0 Å². The van der Waals surface area contributed by atoms with E-state index in [1.165, 1.54) is 0 Å². The van der Waals surface area contributed by atoms with Crippen molar-refractivity contribution in [1.29, 1.82) is 0 Å². The molecule has 1 aliphatic rings. The molecule has 1 aromatic carbocycles. The van der Waals surface area contributed by atoms with Gasteiger partial charge in [0.2, 0.25) is 6.10 Å². The molecule has 0 fully saturated rings. The van der Waals surface area contributed by atoms with E-state index in [-0.39, 0.29) is 5.91 Å². The summed E-state index contributed by atoms with van der Waals surface area (Å²) in [6, 6.07) is 13.6. The van der Waals surface area contributed by atoms with Gasteiger partial charge in [0.15, 0.2) is 0 Å². The van der Waals surface area contributed by atoms with Crippen molar-refractivity contribution >= 4 is 17.4 Å². The molecular formula is C18H20N4O2. The van der Waals surface area contributed by atoms with Gasteiger partial charge in [-0.2, -0.15) is 0 Å². The van der Waals surface area contributed by atoms with E-state index >= 15 is 0 Å². The number of nitrogens with zero attached hydrogens (tertiary/aromatic N) is 3. The molecule has 0 radical (unpaired) electrons. The van der Waals surface area contributed by atoms with Crippen molar-refractivity contribution in [2.24, 2.45) is 5.16 Å². The molecule has 1 aromatic heterocycles. The average molecular weight is 324 g/mol. The number of amides is 1. The van der Waals surface area contributed by atoms with E-state index in [0.717, 1.165) is 22.7 Å². The maximum atomic E-state index is 12.2. The molecular weight excluding hydrogens is 304 g/mol. The molecule has 0 saturated heterocycles. The van der Waals surface area contributed by atoms with E-state index < -0.39 is 6.10 Å². The fourth-order valence-corrected chi connectivity index (χ4v) is 2.41. The summed E-state index contributed by atoms with van der Waals surface area (Å²) in [5, 5.41) is 6.90. The summed E-state index contributed by atoms with van der Waals surface area (Å²) in [5.41, 5.74) is 2.72. The Hall–Kier alpha value is -2.89. The zero-order chi connectivity index (χ0) is 16.9. The fourth-order valence-electron chi connectivity index (χ4n) is 2.41. The maximum absolute atomic E-state index is 12.2. The monoisotopic (exact) mass is 324 g/mol. The first-order chi connectivity index (χ1) is 11.6. The van der Waals surface area contributed by atoms with E-state index in [9.17, 15) is 4.79 Å². The van der Waals surface area contributed by atoms with Crippen molar-refractivity contribution < 1.29 is 9.63 Å². The molecule has 0 aliphatic carbocycles. The highest BCUT2D eigenvalue weighted by atomic mass is 16.6. The van der Waals surface area contributed by atoms with Crippen LogP contribution in [0.2, 0.25) is 0 Å². The van der Waals surface area contributed by atoms with Crippen LogP contribution in [0.3, 0.4) is 0 Å². The molecule has 0 spiro atoms. The second-order valence-electron chi connectivity index (χ2n) is 5.84. The van der Waals surface area contributed by atoms with Crippen LogP contribution in [-0.2, 0) is 16.2 Å². The smallest absolute Gasteiger partial charge is 0.264 e. The molecule has 1 aliphatic heterocycles. The van der Waals surface area contributed by atoms with E-state index in [1.807, 2.05) is 61.5 Å². The lowest BCUT2D eigenvalue weighted by Gasteiger charge is -2.12. The number of oxime groups is 1. The van der Waals surface area contributed by atoms with Crippen molar-refractivity contribution in [3.8, 4) is 0 Å². The molecule has 0 saturated carbocycles. The predicted octanol–water partition coefficient (Wildman–Crippen LogP) is 1.96. The number of carbonyl (C=O) groups is 1. The summed E-state index contributed by atoms with van der Waals surface area (Å²) in [6.07, 6.45) is 1.67. The number of carbonyl (C=O) groups excluding carboxylic acids is 1. The third-order valence-corrected chi connectivity index (χ3v) is 3.80. The quantitative estimate of drug-likeness (QED) is 0.913. The number of nitrogens with one attached hydrogen (secondary N) is 1. The number of hydrogen-bond acceptors (Lipinski definition) is 5. The van der Waals surface area contributed by atoms with Crippen molar-refractivity contribution in [3.05, 3.63) is 59.8 Å². The van der Waals surface area contributed by atoms with E-state index in [1.54, 1.807) is 6.20 Å². The summed E-state index contributed by atoms with van der Waals surface area (Å²) in [4.78, 5) is 23.8. The predicted molar refractivity (Wildman–Crippen MR) is 92.9 cm³/mol.